The lowest BCUT2D eigenvalue weighted by Crippen LogP contribution is -2.26. The molecule has 0 bridgehead atoms. The number of nitrogens with zero attached hydrogens (tertiary/aromatic N) is 2. The molecule has 2 N–H and O–H groups in total. The highest BCUT2D eigenvalue weighted by atomic mass is 32.2. The van der Waals surface area contributed by atoms with Gasteiger partial charge in [-0.25, -0.2) is 4.98 Å². The molecule has 0 saturated carbocycles. The van der Waals surface area contributed by atoms with E-state index in [4.69, 9.17) is 9.72 Å². The van der Waals surface area contributed by atoms with Crippen LogP contribution in [0.4, 0.5) is 5.69 Å². The second kappa shape index (κ2) is 11.1. The zero-order chi connectivity index (χ0) is 25.8. The van der Waals surface area contributed by atoms with Gasteiger partial charge in [0, 0.05) is 42.1 Å². The number of carboxylic acids is 1. The number of rotatable bonds is 10. The number of hydrogen-bond acceptors (Lipinski definition) is 5. The van der Waals surface area contributed by atoms with Gasteiger partial charge < -0.3 is 19.7 Å². The van der Waals surface area contributed by atoms with Crippen molar-refractivity contribution in [1.29, 1.82) is 0 Å². The number of methoxy groups -OCH3 is 1. The fraction of sp³-hybridized carbons (Fsp3) is 0.370. The second-order valence-electron chi connectivity index (χ2n) is 9.01. The molecule has 0 radical (unpaired) electrons. The first-order chi connectivity index (χ1) is 16.5. The van der Waals surface area contributed by atoms with Gasteiger partial charge in [-0.2, -0.15) is 0 Å². The third kappa shape index (κ3) is 6.13. The first kappa shape index (κ1) is 26.5. The smallest absolute Gasteiger partial charge is 0.319 e. The van der Waals surface area contributed by atoms with Gasteiger partial charge in [0.25, 0.3) is 5.91 Å². The first-order valence-electron chi connectivity index (χ1n) is 11.5. The zero-order valence-corrected chi connectivity index (χ0v) is 22.0. The molecule has 0 fully saturated rings. The molecule has 0 aliphatic carbocycles. The number of amides is 1. The summed E-state index contributed by atoms with van der Waals surface area (Å²) in [6.07, 6.45) is 0.777. The number of aliphatic carboxylic acids is 1. The van der Waals surface area contributed by atoms with Crippen LogP contribution >= 0.6 is 11.8 Å². The number of thioether (sulfide) groups is 1. The Labute approximate surface area is 210 Å². The Morgan fingerprint density at radius 3 is 2.43 bits per heavy atom. The van der Waals surface area contributed by atoms with E-state index >= 15 is 0 Å². The quantitative estimate of drug-likeness (QED) is 0.276. The maximum Gasteiger partial charge on any atom is 0.319 e. The molecule has 8 heteroatoms. The summed E-state index contributed by atoms with van der Waals surface area (Å²) in [7, 11) is 1.67. The van der Waals surface area contributed by atoms with Gasteiger partial charge in [-0.3, -0.25) is 9.59 Å². The van der Waals surface area contributed by atoms with Crippen LogP contribution in [-0.4, -0.2) is 45.0 Å². The van der Waals surface area contributed by atoms with Gasteiger partial charge in [-0.15, -0.1) is 11.8 Å². The number of imidazole rings is 1. The van der Waals surface area contributed by atoms with Gasteiger partial charge in [0.1, 0.15) is 16.3 Å². The minimum absolute atomic E-state index is 0.252. The van der Waals surface area contributed by atoms with Crippen molar-refractivity contribution in [2.24, 2.45) is 0 Å². The molecule has 0 aliphatic rings. The maximum atomic E-state index is 13.2. The van der Waals surface area contributed by atoms with Crippen LogP contribution in [0.3, 0.4) is 0 Å². The lowest BCUT2D eigenvalue weighted by Gasteiger charge is -2.18. The number of aryl methyl sites for hydroxylation is 1. The molecule has 0 spiro atoms. The van der Waals surface area contributed by atoms with Crippen LogP contribution in [0.25, 0.3) is 11.4 Å². The molecule has 0 saturated heterocycles. The Morgan fingerprint density at radius 1 is 1.11 bits per heavy atom. The van der Waals surface area contributed by atoms with Gasteiger partial charge in [-0.1, -0.05) is 24.3 Å². The van der Waals surface area contributed by atoms with E-state index in [1.807, 2.05) is 67.8 Å². The lowest BCUT2D eigenvalue weighted by atomic mass is 10.1. The number of hydrogen-bond donors (Lipinski definition) is 2. The number of carboxylic acid groups (broad SMARTS) is 1. The largest absolute Gasteiger partial charge is 0.480 e. The molecule has 1 aromatic heterocycles. The van der Waals surface area contributed by atoms with Crippen molar-refractivity contribution in [2.75, 3.05) is 19.0 Å². The highest BCUT2D eigenvalue weighted by Gasteiger charge is 2.28. The monoisotopic (exact) mass is 495 g/mol. The molecule has 2 aromatic carbocycles. The molecule has 0 atom stereocenters. The predicted octanol–water partition coefficient (Wildman–Crippen LogP) is 5.72. The highest BCUT2D eigenvalue weighted by molar-refractivity contribution is 8.01. The summed E-state index contributed by atoms with van der Waals surface area (Å²) >= 11 is 1.29. The average molecular weight is 496 g/mol. The van der Waals surface area contributed by atoms with Crippen LogP contribution in [0, 0.1) is 20.8 Å². The predicted molar refractivity (Wildman–Crippen MR) is 140 cm³/mol. The van der Waals surface area contributed by atoms with Crippen molar-refractivity contribution in [2.45, 2.75) is 57.2 Å². The second-order valence-corrected chi connectivity index (χ2v) is 10.7. The molecule has 35 heavy (non-hydrogen) atoms. The standard InChI is InChI=1S/C27H33N3O4S/c1-17-9-7-10-22(18(17)2)28-25(31)23-19(3)30(15-8-16-34-6)24(29-23)20-11-13-21(14-12-20)35-27(4,5)26(32)33/h7,9-14H,8,15-16H2,1-6H3,(H,28,31)(H,32,33). The van der Waals surface area contributed by atoms with Gasteiger partial charge in [-0.05, 0) is 70.4 Å². The average Bonchev–Trinajstić information content (AvgIpc) is 3.13. The summed E-state index contributed by atoms with van der Waals surface area (Å²) in [6, 6.07) is 13.4. The van der Waals surface area contributed by atoms with E-state index in [1.165, 1.54) is 11.8 Å². The summed E-state index contributed by atoms with van der Waals surface area (Å²) < 4.78 is 6.33. The van der Waals surface area contributed by atoms with Crippen molar-refractivity contribution in [1.82, 2.24) is 9.55 Å². The topological polar surface area (TPSA) is 93.4 Å². The Bertz CT molecular complexity index is 1220. The van der Waals surface area contributed by atoms with Crippen LogP contribution in [-0.2, 0) is 16.1 Å². The first-order valence-corrected chi connectivity index (χ1v) is 12.3. The molecule has 0 unspecified atom stereocenters. The third-order valence-corrected chi connectivity index (χ3v) is 7.21. The van der Waals surface area contributed by atoms with Crippen molar-refractivity contribution >= 4 is 29.3 Å². The normalized spacial score (nSPS) is 11.5. The Morgan fingerprint density at radius 2 is 1.80 bits per heavy atom. The van der Waals surface area contributed by atoms with Crippen LogP contribution < -0.4 is 5.32 Å². The lowest BCUT2D eigenvalue weighted by molar-refractivity contribution is -0.138. The number of nitrogens with one attached hydrogen (secondary N) is 1. The highest BCUT2D eigenvalue weighted by Crippen LogP contribution is 2.34. The van der Waals surface area contributed by atoms with Crippen molar-refractivity contribution in [3.8, 4) is 11.4 Å². The summed E-state index contributed by atoms with van der Waals surface area (Å²) in [5.41, 5.74) is 4.92. The van der Waals surface area contributed by atoms with Crippen LogP contribution in [0.1, 0.15) is 47.6 Å². The number of aromatic nitrogens is 2. The fourth-order valence-corrected chi connectivity index (χ4v) is 4.64. The molecular formula is C27H33N3O4S. The third-order valence-electron chi connectivity index (χ3n) is 6.02. The molecule has 7 nitrogen and oxygen atoms in total. The summed E-state index contributed by atoms with van der Waals surface area (Å²) in [6.45, 7) is 10.5. The number of carbonyl (C=O) groups is 2. The SMILES string of the molecule is COCCCn1c(-c2ccc(SC(C)(C)C(=O)O)cc2)nc(C(=O)Nc2cccc(C)c2C)c1C. The molecule has 3 rings (SSSR count). The molecule has 186 valence electrons. The number of carbonyl (C=O) groups excluding carboxylic acids is 1. The van der Waals surface area contributed by atoms with Crippen LogP contribution in [0.5, 0.6) is 0 Å². The number of ether oxygens (including phenoxy) is 1. The molecule has 0 aliphatic heterocycles. The van der Waals surface area contributed by atoms with E-state index < -0.39 is 10.7 Å². The fourth-order valence-electron chi connectivity index (χ4n) is 3.69. The number of anilines is 1. The summed E-state index contributed by atoms with van der Waals surface area (Å²) in [5, 5.41) is 12.4. The van der Waals surface area contributed by atoms with Gasteiger partial charge in [0.2, 0.25) is 0 Å². The van der Waals surface area contributed by atoms with Gasteiger partial charge >= 0.3 is 5.97 Å². The summed E-state index contributed by atoms with van der Waals surface area (Å²) in [5.74, 6) is -0.424. The minimum Gasteiger partial charge on any atom is -0.480 e. The van der Waals surface area contributed by atoms with E-state index in [1.54, 1.807) is 21.0 Å². The maximum absolute atomic E-state index is 13.2. The van der Waals surface area contributed by atoms with Crippen molar-refractivity contribution < 1.29 is 19.4 Å². The summed E-state index contributed by atoms with van der Waals surface area (Å²) in [4.78, 5) is 30.3. The van der Waals surface area contributed by atoms with Crippen molar-refractivity contribution in [3.05, 3.63) is 65.0 Å². The molecule has 1 heterocycles. The van der Waals surface area contributed by atoms with E-state index in [2.05, 4.69) is 5.32 Å². The van der Waals surface area contributed by atoms with Crippen molar-refractivity contribution in [3.63, 3.8) is 0 Å². The van der Waals surface area contributed by atoms with Crippen LogP contribution in [0.2, 0.25) is 0 Å². The molecule has 3 aromatic rings. The van der Waals surface area contributed by atoms with Crippen LogP contribution in [0.15, 0.2) is 47.4 Å². The van der Waals surface area contributed by atoms with Gasteiger partial charge in [0.15, 0.2) is 0 Å². The van der Waals surface area contributed by atoms with E-state index in [-0.39, 0.29) is 5.91 Å². The number of benzene rings is 2. The van der Waals surface area contributed by atoms with E-state index in [9.17, 15) is 14.7 Å². The Hall–Kier alpha value is -3.10. The van der Waals surface area contributed by atoms with E-state index in [0.29, 0.717) is 24.7 Å². The zero-order valence-electron chi connectivity index (χ0n) is 21.1. The minimum atomic E-state index is -0.935. The Balaban J connectivity index is 1.94. The molecule has 1 amide bonds. The van der Waals surface area contributed by atoms with Gasteiger partial charge in [0.05, 0.1) is 0 Å². The molecular weight excluding hydrogens is 462 g/mol. The van der Waals surface area contributed by atoms with E-state index in [0.717, 1.165) is 39.4 Å². The Kier molecular flexibility index (Phi) is 8.40.